The van der Waals surface area contributed by atoms with Crippen molar-refractivity contribution in [2.24, 2.45) is 0 Å². The lowest BCUT2D eigenvalue weighted by molar-refractivity contribution is 0.0705. The number of likely N-dealkylation sites (tertiary alicyclic amines) is 1. The number of hydrogen-bond donors (Lipinski definition) is 0. The van der Waals surface area contributed by atoms with Crippen LogP contribution >= 0.6 is 0 Å². The van der Waals surface area contributed by atoms with Crippen LogP contribution in [0.1, 0.15) is 34.8 Å². The lowest BCUT2D eigenvalue weighted by Gasteiger charge is -2.32. The van der Waals surface area contributed by atoms with Gasteiger partial charge < -0.3 is 4.90 Å². The maximum Gasteiger partial charge on any atom is 0.257 e. The lowest BCUT2D eigenvalue weighted by Crippen LogP contribution is -2.39. The van der Waals surface area contributed by atoms with E-state index in [1.54, 1.807) is 31.0 Å². The molecule has 0 unspecified atom stereocenters. The lowest BCUT2D eigenvalue weighted by atomic mass is 9.94. The highest BCUT2D eigenvalue weighted by molar-refractivity contribution is 5.93. The van der Waals surface area contributed by atoms with Crippen LogP contribution < -0.4 is 0 Å². The van der Waals surface area contributed by atoms with E-state index in [0.717, 1.165) is 25.1 Å². The molecule has 3 rings (SSSR count). The fraction of sp³-hybridized carbons (Fsp3) is 0.357. The first-order chi connectivity index (χ1) is 9.84. The molecule has 20 heavy (non-hydrogen) atoms. The van der Waals surface area contributed by atoms with Crippen LogP contribution in [0.25, 0.3) is 0 Å². The molecule has 1 fully saturated rings. The molecule has 1 saturated heterocycles. The normalized spacial score (nSPS) is 18.8. The largest absolute Gasteiger partial charge is 0.338 e. The van der Waals surface area contributed by atoms with E-state index in [1.165, 1.54) is 6.33 Å². The SMILES string of the molecule is O=C(c1cncnc1)N1CCC[C@H](c2cnccn2)C1. The molecule has 0 N–H and O–H groups in total. The van der Waals surface area contributed by atoms with Gasteiger partial charge in [-0.3, -0.25) is 14.8 Å². The number of piperidine rings is 1. The average Bonchev–Trinajstić information content (AvgIpc) is 2.56. The van der Waals surface area contributed by atoms with Crippen molar-refractivity contribution in [2.75, 3.05) is 13.1 Å². The summed E-state index contributed by atoms with van der Waals surface area (Å²) in [5.74, 6) is 0.241. The zero-order valence-corrected chi connectivity index (χ0v) is 11.0. The number of amides is 1. The average molecular weight is 269 g/mol. The number of nitrogens with zero attached hydrogens (tertiary/aromatic N) is 5. The van der Waals surface area contributed by atoms with Crippen LogP contribution in [0.3, 0.4) is 0 Å². The van der Waals surface area contributed by atoms with Crippen molar-refractivity contribution in [1.82, 2.24) is 24.8 Å². The Morgan fingerprint density at radius 2 is 2.00 bits per heavy atom. The first kappa shape index (κ1) is 12.7. The Morgan fingerprint density at radius 3 is 2.75 bits per heavy atom. The standard InChI is InChI=1S/C14H15N5O/c20-14(12-6-16-10-17-7-12)19-5-1-2-11(9-19)13-8-15-3-4-18-13/h3-4,6-8,10-11H,1-2,5,9H2/t11-/m0/s1. The van der Waals surface area contributed by atoms with E-state index in [-0.39, 0.29) is 11.8 Å². The summed E-state index contributed by atoms with van der Waals surface area (Å²) in [4.78, 5) is 30.5. The van der Waals surface area contributed by atoms with E-state index in [1.807, 2.05) is 4.90 Å². The van der Waals surface area contributed by atoms with E-state index in [0.29, 0.717) is 12.1 Å². The van der Waals surface area contributed by atoms with Crippen molar-refractivity contribution in [3.63, 3.8) is 0 Å². The molecule has 0 spiro atoms. The Labute approximate surface area is 116 Å². The van der Waals surface area contributed by atoms with E-state index < -0.39 is 0 Å². The number of aromatic nitrogens is 4. The van der Waals surface area contributed by atoms with Gasteiger partial charge in [0.15, 0.2) is 0 Å². The maximum absolute atomic E-state index is 12.4. The predicted molar refractivity (Wildman–Crippen MR) is 71.9 cm³/mol. The number of rotatable bonds is 2. The van der Waals surface area contributed by atoms with Gasteiger partial charge in [-0.15, -0.1) is 0 Å². The highest BCUT2D eigenvalue weighted by Gasteiger charge is 2.26. The van der Waals surface area contributed by atoms with E-state index >= 15 is 0 Å². The summed E-state index contributed by atoms with van der Waals surface area (Å²) in [6.07, 6.45) is 11.7. The molecule has 102 valence electrons. The van der Waals surface area contributed by atoms with Gasteiger partial charge in [-0.1, -0.05) is 0 Å². The molecule has 6 nitrogen and oxygen atoms in total. The van der Waals surface area contributed by atoms with Crippen molar-refractivity contribution in [3.8, 4) is 0 Å². The molecule has 1 amide bonds. The molecule has 0 saturated carbocycles. The third-order valence-corrected chi connectivity index (χ3v) is 3.52. The second-order valence-corrected chi connectivity index (χ2v) is 4.85. The molecule has 0 bridgehead atoms. The van der Waals surface area contributed by atoms with Crippen LogP contribution in [0, 0.1) is 0 Å². The highest BCUT2D eigenvalue weighted by atomic mass is 16.2. The monoisotopic (exact) mass is 269 g/mol. The highest BCUT2D eigenvalue weighted by Crippen LogP contribution is 2.25. The van der Waals surface area contributed by atoms with Gasteiger partial charge in [0.2, 0.25) is 0 Å². The number of hydrogen-bond acceptors (Lipinski definition) is 5. The van der Waals surface area contributed by atoms with Crippen molar-refractivity contribution < 1.29 is 4.79 Å². The molecule has 0 aromatic carbocycles. The molecular formula is C14H15N5O. The Bertz CT molecular complexity index is 575. The van der Waals surface area contributed by atoms with E-state index in [2.05, 4.69) is 19.9 Å². The third kappa shape index (κ3) is 2.64. The van der Waals surface area contributed by atoms with Gasteiger partial charge in [-0.25, -0.2) is 9.97 Å². The summed E-state index contributed by atoms with van der Waals surface area (Å²) >= 11 is 0. The summed E-state index contributed by atoms with van der Waals surface area (Å²) in [6, 6.07) is 0. The van der Waals surface area contributed by atoms with Crippen molar-refractivity contribution in [3.05, 3.63) is 48.6 Å². The van der Waals surface area contributed by atoms with Crippen molar-refractivity contribution in [1.29, 1.82) is 0 Å². The summed E-state index contributed by atoms with van der Waals surface area (Å²) in [5, 5.41) is 0. The van der Waals surface area contributed by atoms with Crippen LogP contribution in [0.5, 0.6) is 0 Å². The number of carbonyl (C=O) groups is 1. The van der Waals surface area contributed by atoms with Crippen LogP contribution in [0.15, 0.2) is 37.3 Å². The van der Waals surface area contributed by atoms with Crippen molar-refractivity contribution >= 4 is 5.91 Å². The number of carbonyl (C=O) groups excluding carboxylic acids is 1. The summed E-state index contributed by atoms with van der Waals surface area (Å²) < 4.78 is 0. The summed E-state index contributed by atoms with van der Waals surface area (Å²) in [7, 11) is 0. The van der Waals surface area contributed by atoms with Crippen LogP contribution in [0.4, 0.5) is 0 Å². The predicted octanol–water partition coefficient (Wildman–Crippen LogP) is 1.29. The summed E-state index contributed by atoms with van der Waals surface area (Å²) in [6.45, 7) is 1.44. The topological polar surface area (TPSA) is 71.9 Å². The Balaban J connectivity index is 1.74. The molecule has 1 atom stereocenters. The molecular weight excluding hydrogens is 254 g/mol. The van der Waals surface area contributed by atoms with Crippen LogP contribution in [-0.4, -0.2) is 43.8 Å². The molecule has 3 heterocycles. The van der Waals surface area contributed by atoms with Gasteiger partial charge in [0, 0.05) is 50.0 Å². The van der Waals surface area contributed by atoms with Crippen LogP contribution in [-0.2, 0) is 0 Å². The summed E-state index contributed by atoms with van der Waals surface area (Å²) in [5.41, 5.74) is 1.49. The zero-order chi connectivity index (χ0) is 13.8. The minimum Gasteiger partial charge on any atom is -0.338 e. The maximum atomic E-state index is 12.4. The molecule has 0 radical (unpaired) electrons. The minimum atomic E-state index is -0.0146. The van der Waals surface area contributed by atoms with Crippen LogP contribution in [0.2, 0.25) is 0 Å². The molecule has 2 aromatic rings. The molecule has 6 heteroatoms. The van der Waals surface area contributed by atoms with E-state index in [9.17, 15) is 4.79 Å². The fourth-order valence-electron chi connectivity index (χ4n) is 2.52. The second-order valence-electron chi connectivity index (χ2n) is 4.85. The molecule has 2 aromatic heterocycles. The van der Waals surface area contributed by atoms with Gasteiger partial charge in [-0.05, 0) is 12.8 Å². The van der Waals surface area contributed by atoms with Gasteiger partial charge in [-0.2, -0.15) is 0 Å². The zero-order valence-electron chi connectivity index (χ0n) is 11.0. The second kappa shape index (κ2) is 5.73. The quantitative estimate of drug-likeness (QED) is 0.821. The molecule has 1 aliphatic rings. The Morgan fingerprint density at radius 1 is 1.15 bits per heavy atom. The van der Waals surface area contributed by atoms with Gasteiger partial charge in [0.25, 0.3) is 5.91 Å². The van der Waals surface area contributed by atoms with Crippen molar-refractivity contribution in [2.45, 2.75) is 18.8 Å². The van der Waals surface area contributed by atoms with Gasteiger partial charge in [0.1, 0.15) is 6.33 Å². The fourth-order valence-corrected chi connectivity index (χ4v) is 2.52. The Hall–Kier alpha value is -2.37. The third-order valence-electron chi connectivity index (χ3n) is 3.52. The Kier molecular flexibility index (Phi) is 3.62. The van der Waals surface area contributed by atoms with E-state index in [4.69, 9.17) is 0 Å². The smallest absolute Gasteiger partial charge is 0.257 e. The minimum absolute atomic E-state index is 0.0146. The van der Waals surface area contributed by atoms with Gasteiger partial charge in [0.05, 0.1) is 11.3 Å². The first-order valence-electron chi connectivity index (χ1n) is 6.65. The molecule has 0 aliphatic carbocycles. The van der Waals surface area contributed by atoms with Gasteiger partial charge >= 0.3 is 0 Å². The first-order valence-corrected chi connectivity index (χ1v) is 6.65. The molecule has 1 aliphatic heterocycles.